The van der Waals surface area contributed by atoms with Gasteiger partial charge in [-0.2, -0.15) is 0 Å². The molecule has 0 spiro atoms. The average molecular weight is 351 g/mol. The first kappa shape index (κ1) is 17.8. The molecule has 0 bridgehead atoms. The fourth-order valence-electron chi connectivity index (χ4n) is 2.01. The maximum Gasteiger partial charge on any atom is 0.319 e. The van der Waals surface area contributed by atoms with E-state index < -0.39 is 12.1 Å². The number of carbonyl (C=O) groups is 2. The van der Waals surface area contributed by atoms with E-state index in [9.17, 15) is 9.59 Å². The molecule has 0 aliphatic heterocycles. The molecule has 0 unspecified atom stereocenters. The molecule has 7 nitrogen and oxygen atoms in total. The first-order valence-corrected chi connectivity index (χ1v) is 7.80. The van der Waals surface area contributed by atoms with Crippen LogP contribution < -0.4 is 16.0 Å². The number of hydrogen-bond acceptors (Lipinski definition) is 4. The molecular weight excluding hydrogens is 332 g/mol. The normalized spacial score (nSPS) is 11.9. The summed E-state index contributed by atoms with van der Waals surface area (Å²) in [6.45, 7) is 5.39. The standard InChI is InChI=1S/C16H19ClN4O3/c1-9(2)14(15(22)19-13-8-10(3)24-21-13)20-16(23)18-12-6-4-11(17)5-7-12/h4-9,14H,1-3H3,(H2,18,20,23)(H,19,21,22)/t14-/m0/s1. The lowest BCUT2D eigenvalue weighted by Crippen LogP contribution is -2.48. The van der Waals surface area contributed by atoms with Gasteiger partial charge >= 0.3 is 6.03 Å². The highest BCUT2D eigenvalue weighted by Gasteiger charge is 2.25. The van der Waals surface area contributed by atoms with Crippen molar-refractivity contribution in [3.8, 4) is 0 Å². The van der Waals surface area contributed by atoms with Crippen LogP contribution in [0.1, 0.15) is 19.6 Å². The molecule has 0 saturated heterocycles. The molecule has 0 aliphatic rings. The van der Waals surface area contributed by atoms with E-state index in [1.165, 1.54) is 0 Å². The van der Waals surface area contributed by atoms with Crippen LogP contribution in [-0.4, -0.2) is 23.1 Å². The van der Waals surface area contributed by atoms with Crippen LogP contribution in [0.15, 0.2) is 34.9 Å². The van der Waals surface area contributed by atoms with Crippen molar-refractivity contribution in [2.24, 2.45) is 5.92 Å². The Labute approximate surface area is 144 Å². The molecule has 8 heteroatoms. The summed E-state index contributed by atoms with van der Waals surface area (Å²) in [7, 11) is 0. The molecule has 24 heavy (non-hydrogen) atoms. The molecule has 3 N–H and O–H groups in total. The number of halogens is 1. The largest absolute Gasteiger partial charge is 0.360 e. The van der Waals surface area contributed by atoms with E-state index in [1.54, 1.807) is 37.3 Å². The third-order valence-electron chi connectivity index (χ3n) is 3.22. The van der Waals surface area contributed by atoms with Crippen LogP contribution in [0.4, 0.5) is 16.3 Å². The molecule has 2 rings (SSSR count). The Morgan fingerprint density at radius 1 is 1.17 bits per heavy atom. The van der Waals surface area contributed by atoms with E-state index in [4.69, 9.17) is 16.1 Å². The second kappa shape index (κ2) is 7.83. The summed E-state index contributed by atoms with van der Waals surface area (Å²) >= 11 is 5.80. The van der Waals surface area contributed by atoms with Gasteiger partial charge in [0.2, 0.25) is 5.91 Å². The Hall–Kier alpha value is -2.54. The number of rotatable bonds is 5. The highest BCUT2D eigenvalue weighted by Crippen LogP contribution is 2.14. The number of nitrogens with zero attached hydrogens (tertiary/aromatic N) is 1. The van der Waals surface area contributed by atoms with Gasteiger partial charge in [-0.3, -0.25) is 4.79 Å². The van der Waals surface area contributed by atoms with E-state index in [1.807, 2.05) is 13.8 Å². The molecule has 1 heterocycles. The number of benzene rings is 1. The van der Waals surface area contributed by atoms with E-state index >= 15 is 0 Å². The van der Waals surface area contributed by atoms with Crippen molar-refractivity contribution >= 4 is 35.0 Å². The number of anilines is 2. The van der Waals surface area contributed by atoms with Crippen LogP contribution in [0, 0.1) is 12.8 Å². The van der Waals surface area contributed by atoms with Crippen molar-refractivity contribution in [3.05, 3.63) is 41.1 Å². The monoisotopic (exact) mass is 350 g/mol. The fraction of sp³-hybridized carbons (Fsp3) is 0.312. The molecule has 128 valence electrons. The predicted molar refractivity (Wildman–Crippen MR) is 92.1 cm³/mol. The molecule has 0 radical (unpaired) electrons. The lowest BCUT2D eigenvalue weighted by molar-refractivity contribution is -0.118. The lowest BCUT2D eigenvalue weighted by Gasteiger charge is -2.21. The smallest absolute Gasteiger partial charge is 0.319 e. The van der Waals surface area contributed by atoms with Crippen molar-refractivity contribution in [2.75, 3.05) is 10.6 Å². The average Bonchev–Trinajstić information content (AvgIpc) is 2.92. The minimum Gasteiger partial charge on any atom is -0.360 e. The summed E-state index contributed by atoms with van der Waals surface area (Å²) in [5.41, 5.74) is 0.576. The van der Waals surface area contributed by atoms with Crippen molar-refractivity contribution in [1.82, 2.24) is 10.5 Å². The van der Waals surface area contributed by atoms with Gasteiger partial charge in [0.15, 0.2) is 5.82 Å². The van der Waals surface area contributed by atoms with Crippen molar-refractivity contribution in [1.29, 1.82) is 0 Å². The van der Waals surface area contributed by atoms with E-state index in [2.05, 4.69) is 21.1 Å². The maximum atomic E-state index is 12.3. The predicted octanol–water partition coefficient (Wildman–Crippen LogP) is 3.42. The summed E-state index contributed by atoms with van der Waals surface area (Å²) in [6, 6.07) is 7.06. The van der Waals surface area contributed by atoms with Crippen LogP contribution in [0.5, 0.6) is 0 Å². The SMILES string of the molecule is Cc1cc(NC(=O)[C@@H](NC(=O)Nc2ccc(Cl)cc2)C(C)C)no1. The molecule has 1 atom stereocenters. The number of carbonyl (C=O) groups excluding carboxylic acids is 2. The van der Waals surface area contributed by atoms with Crippen LogP contribution in [0.3, 0.4) is 0 Å². The van der Waals surface area contributed by atoms with E-state index in [0.29, 0.717) is 22.3 Å². The highest BCUT2D eigenvalue weighted by molar-refractivity contribution is 6.30. The molecule has 0 saturated carbocycles. The van der Waals surface area contributed by atoms with Gasteiger partial charge in [0.1, 0.15) is 11.8 Å². The van der Waals surface area contributed by atoms with Crippen LogP contribution >= 0.6 is 11.6 Å². The van der Waals surface area contributed by atoms with Gasteiger partial charge < -0.3 is 20.5 Å². The Morgan fingerprint density at radius 2 is 1.83 bits per heavy atom. The van der Waals surface area contributed by atoms with Crippen molar-refractivity contribution in [2.45, 2.75) is 26.8 Å². The van der Waals surface area contributed by atoms with Gasteiger partial charge in [-0.1, -0.05) is 30.6 Å². The van der Waals surface area contributed by atoms with E-state index in [0.717, 1.165) is 0 Å². The number of aromatic nitrogens is 1. The molecule has 1 aromatic heterocycles. The summed E-state index contributed by atoms with van der Waals surface area (Å²) in [4.78, 5) is 24.4. The number of urea groups is 1. The second-order valence-electron chi connectivity index (χ2n) is 5.64. The summed E-state index contributed by atoms with van der Waals surface area (Å²) in [6.07, 6.45) is 0. The Balaban J connectivity index is 1.97. The zero-order valence-electron chi connectivity index (χ0n) is 13.6. The fourth-order valence-corrected chi connectivity index (χ4v) is 2.13. The number of nitrogens with one attached hydrogen (secondary N) is 3. The third kappa shape index (κ3) is 4.99. The third-order valence-corrected chi connectivity index (χ3v) is 3.47. The molecule has 0 aliphatic carbocycles. The van der Waals surface area contributed by atoms with Gasteiger partial charge in [0, 0.05) is 16.8 Å². The molecule has 0 fully saturated rings. The van der Waals surface area contributed by atoms with Gasteiger partial charge in [-0.25, -0.2) is 4.79 Å². The Bertz CT molecular complexity index is 712. The summed E-state index contributed by atoms with van der Waals surface area (Å²) in [5.74, 6) is 0.404. The number of hydrogen-bond donors (Lipinski definition) is 3. The zero-order valence-corrected chi connectivity index (χ0v) is 14.3. The molecular formula is C16H19ClN4O3. The molecule has 2 aromatic rings. The second-order valence-corrected chi connectivity index (χ2v) is 6.08. The van der Waals surface area contributed by atoms with Crippen LogP contribution in [0.2, 0.25) is 5.02 Å². The molecule has 1 aromatic carbocycles. The van der Waals surface area contributed by atoms with Gasteiger partial charge in [-0.05, 0) is 37.1 Å². The van der Waals surface area contributed by atoms with Gasteiger partial charge in [0.05, 0.1) is 0 Å². The Kier molecular flexibility index (Phi) is 5.81. The lowest BCUT2D eigenvalue weighted by atomic mass is 10.0. The summed E-state index contributed by atoms with van der Waals surface area (Å²) < 4.78 is 4.90. The van der Waals surface area contributed by atoms with Gasteiger partial charge in [-0.15, -0.1) is 0 Å². The first-order valence-electron chi connectivity index (χ1n) is 7.42. The topological polar surface area (TPSA) is 96.3 Å². The van der Waals surface area contributed by atoms with Gasteiger partial charge in [0.25, 0.3) is 0 Å². The summed E-state index contributed by atoms with van der Waals surface area (Å²) in [5, 5.41) is 12.2. The van der Waals surface area contributed by atoms with Crippen molar-refractivity contribution < 1.29 is 14.1 Å². The van der Waals surface area contributed by atoms with Crippen LogP contribution in [0.25, 0.3) is 0 Å². The number of amides is 3. The van der Waals surface area contributed by atoms with Crippen molar-refractivity contribution in [3.63, 3.8) is 0 Å². The molecule has 3 amide bonds. The highest BCUT2D eigenvalue weighted by atomic mass is 35.5. The Morgan fingerprint density at radius 3 is 2.38 bits per heavy atom. The minimum atomic E-state index is -0.727. The minimum absolute atomic E-state index is 0.117. The quantitative estimate of drug-likeness (QED) is 0.769. The first-order chi connectivity index (χ1) is 11.3. The van der Waals surface area contributed by atoms with E-state index in [-0.39, 0.29) is 11.8 Å². The zero-order chi connectivity index (χ0) is 17.7. The maximum absolute atomic E-state index is 12.3. The number of aryl methyl sites for hydroxylation is 1. The van der Waals surface area contributed by atoms with Crippen LogP contribution in [-0.2, 0) is 4.79 Å².